The van der Waals surface area contributed by atoms with Crippen LogP contribution in [-0.2, 0) is 19.5 Å². The van der Waals surface area contributed by atoms with Gasteiger partial charge in [-0.05, 0) is 35.6 Å². The van der Waals surface area contributed by atoms with Crippen LogP contribution in [0.15, 0.2) is 40.5 Å². The second kappa shape index (κ2) is 6.83. The fourth-order valence-corrected chi connectivity index (χ4v) is 4.27. The Balaban J connectivity index is 1.38. The largest absolute Gasteiger partial charge is 0.486 e. The van der Waals surface area contributed by atoms with Gasteiger partial charge in [-0.3, -0.25) is 9.69 Å². The molecule has 0 atom stereocenters. The Morgan fingerprint density at radius 1 is 1.19 bits per heavy atom. The SMILES string of the molecule is O=c1[nH]c(-c2cccs2)nc2c1CCN(Cc1ccc3c(c1)OCCO3)C2. The molecule has 0 radical (unpaired) electrons. The van der Waals surface area contributed by atoms with E-state index in [1.165, 1.54) is 5.56 Å². The first kappa shape index (κ1) is 16.5. The minimum Gasteiger partial charge on any atom is -0.486 e. The highest BCUT2D eigenvalue weighted by atomic mass is 32.1. The molecular formula is C20H19N3O3S. The summed E-state index contributed by atoms with van der Waals surface area (Å²) in [6.45, 7) is 3.49. The summed E-state index contributed by atoms with van der Waals surface area (Å²) >= 11 is 1.58. The van der Waals surface area contributed by atoms with Crippen LogP contribution in [0.25, 0.3) is 10.7 Å². The third-order valence-electron chi connectivity index (χ3n) is 4.92. The third-order valence-corrected chi connectivity index (χ3v) is 5.80. The fourth-order valence-electron chi connectivity index (χ4n) is 3.60. The van der Waals surface area contributed by atoms with Gasteiger partial charge in [0, 0.05) is 25.2 Å². The normalized spacial score (nSPS) is 16.1. The number of hydrogen-bond acceptors (Lipinski definition) is 6. The highest BCUT2D eigenvalue weighted by Crippen LogP contribution is 2.31. The first-order chi connectivity index (χ1) is 13.3. The molecule has 0 bridgehead atoms. The predicted molar refractivity (Wildman–Crippen MR) is 103 cm³/mol. The zero-order chi connectivity index (χ0) is 18.2. The van der Waals surface area contributed by atoms with Crippen LogP contribution >= 0.6 is 11.3 Å². The molecular weight excluding hydrogens is 362 g/mol. The summed E-state index contributed by atoms with van der Waals surface area (Å²) in [5.41, 5.74) is 2.85. The van der Waals surface area contributed by atoms with Gasteiger partial charge in [0.15, 0.2) is 17.3 Å². The average Bonchev–Trinajstić information content (AvgIpc) is 3.22. The van der Waals surface area contributed by atoms with Crippen molar-refractivity contribution in [3.63, 3.8) is 0 Å². The lowest BCUT2D eigenvalue weighted by molar-refractivity contribution is 0.171. The monoisotopic (exact) mass is 381 g/mol. The van der Waals surface area contributed by atoms with Crippen molar-refractivity contribution in [2.24, 2.45) is 0 Å². The number of hydrogen-bond donors (Lipinski definition) is 1. The highest BCUT2D eigenvalue weighted by Gasteiger charge is 2.22. The molecule has 4 heterocycles. The smallest absolute Gasteiger partial charge is 0.254 e. The van der Waals surface area contributed by atoms with Crippen molar-refractivity contribution in [3.8, 4) is 22.2 Å². The molecule has 0 unspecified atom stereocenters. The average molecular weight is 381 g/mol. The summed E-state index contributed by atoms with van der Waals surface area (Å²) in [6.07, 6.45) is 0.715. The van der Waals surface area contributed by atoms with Gasteiger partial charge in [0.1, 0.15) is 13.2 Å². The Morgan fingerprint density at radius 3 is 2.93 bits per heavy atom. The molecule has 0 fully saturated rings. The first-order valence-corrected chi connectivity index (χ1v) is 9.91. The molecule has 2 aromatic heterocycles. The van der Waals surface area contributed by atoms with Crippen molar-refractivity contribution in [1.29, 1.82) is 0 Å². The van der Waals surface area contributed by atoms with E-state index in [9.17, 15) is 4.79 Å². The standard InChI is InChI=1S/C20H19N3O3S/c24-20-14-5-6-23(11-13-3-4-16-17(10-13)26-8-7-25-16)12-15(14)21-19(22-20)18-2-1-9-27-18/h1-4,9-10H,5-8,11-12H2,(H,21,22,24). The minimum atomic E-state index is -0.0117. The van der Waals surface area contributed by atoms with Gasteiger partial charge in [-0.2, -0.15) is 0 Å². The van der Waals surface area contributed by atoms with Crippen LogP contribution in [0.1, 0.15) is 16.8 Å². The molecule has 2 aliphatic heterocycles. The van der Waals surface area contributed by atoms with Crippen LogP contribution in [0.4, 0.5) is 0 Å². The van der Waals surface area contributed by atoms with Gasteiger partial charge in [-0.1, -0.05) is 12.1 Å². The second-order valence-electron chi connectivity index (χ2n) is 6.76. The number of nitrogens with one attached hydrogen (secondary N) is 1. The molecule has 5 rings (SSSR count). The molecule has 3 aromatic rings. The number of benzene rings is 1. The van der Waals surface area contributed by atoms with Crippen molar-refractivity contribution in [3.05, 3.63) is 62.9 Å². The summed E-state index contributed by atoms with van der Waals surface area (Å²) < 4.78 is 11.3. The third kappa shape index (κ3) is 3.24. The van der Waals surface area contributed by atoms with Crippen LogP contribution in [0.5, 0.6) is 11.5 Å². The number of aromatic nitrogens is 2. The van der Waals surface area contributed by atoms with E-state index >= 15 is 0 Å². The zero-order valence-corrected chi connectivity index (χ0v) is 15.6. The van der Waals surface area contributed by atoms with Crippen LogP contribution in [-0.4, -0.2) is 34.6 Å². The van der Waals surface area contributed by atoms with E-state index < -0.39 is 0 Å². The maximum atomic E-state index is 12.5. The highest BCUT2D eigenvalue weighted by molar-refractivity contribution is 7.13. The van der Waals surface area contributed by atoms with Crippen molar-refractivity contribution in [1.82, 2.24) is 14.9 Å². The second-order valence-corrected chi connectivity index (χ2v) is 7.70. The van der Waals surface area contributed by atoms with Gasteiger partial charge in [-0.15, -0.1) is 11.3 Å². The van der Waals surface area contributed by atoms with Crippen LogP contribution in [0, 0.1) is 0 Å². The van der Waals surface area contributed by atoms with E-state index in [0.717, 1.165) is 40.7 Å². The quantitative estimate of drug-likeness (QED) is 0.756. The lowest BCUT2D eigenvalue weighted by Gasteiger charge is -2.28. The number of fused-ring (bicyclic) bond motifs is 2. The van der Waals surface area contributed by atoms with Crippen molar-refractivity contribution < 1.29 is 9.47 Å². The Kier molecular flexibility index (Phi) is 4.18. The van der Waals surface area contributed by atoms with Crippen molar-refractivity contribution >= 4 is 11.3 Å². The molecule has 27 heavy (non-hydrogen) atoms. The molecule has 0 aliphatic carbocycles. The molecule has 0 spiro atoms. The summed E-state index contributed by atoms with van der Waals surface area (Å²) in [5.74, 6) is 2.28. The maximum Gasteiger partial charge on any atom is 0.254 e. The molecule has 1 aromatic carbocycles. The zero-order valence-electron chi connectivity index (χ0n) is 14.7. The Labute approximate surface area is 160 Å². The van der Waals surface area contributed by atoms with E-state index in [-0.39, 0.29) is 5.56 Å². The van der Waals surface area contributed by atoms with Gasteiger partial charge in [-0.25, -0.2) is 4.98 Å². The van der Waals surface area contributed by atoms with Gasteiger partial charge >= 0.3 is 0 Å². The van der Waals surface area contributed by atoms with E-state index in [1.54, 1.807) is 11.3 Å². The molecule has 0 amide bonds. The van der Waals surface area contributed by atoms with Crippen LogP contribution < -0.4 is 15.0 Å². The summed E-state index contributed by atoms with van der Waals surface area (Å²) in [5, 5.41) is 1.99. The molecule has 7 heteroatoms. The molecule has 1 N–H and O–H groups in total. The number of thiophene rings is 1. The van der Waals surface area contributed by atoms with Gasteiger partial charge in [0.05, 0.1) is 10.6 Å². The number of aromatic amines is 1. The number of ether oxygens (including phenoxy) is 2. The topological polar surface area (TPSA) is 67.5 Å². The van der Waals surface area contributed by atoms with Crippen LogP contribution in [0.2, 0.25) is 0 Å². The number of nitrogens with zero attached hydrogens (tertiary/aromatic N) is 2. The first-order valence-electron chi connectivity index (χ1n) is 9.03. The molecule has 2 aliphatic rings. The Morgan fingerprint density at radius 2 is 2.07 bits per heavy atom. The lowest BCUT2D eigenvalue weighted by atomic mass is 10.1. The number of H-pyrrole nitrogens is 1. The minimum absolute atomic E-state index is 0.0117. The van der Waals surface area contributed by atoms with Crippen LogP contribution in [0.3, 0.4) is 0 Å². The Hall–Kier alpha value is -2.64. The van der Waals surface area contributed by atoms with Crippen molar-refractivity contribution in [2.45, 2.75) is 19.5 Å². The molecule has 0 saturated carbocycles. The van der Waals surface area contributed by atoms with Gasteiger partial charge in [0.2, 0.25) is 0 Å². The molecule has 6 nitrogen and oxygen atoms in total. The summed E-state index contributed by atoms with van der Waals surface area (Å²) in [4.78, 5) is 23.4. The van der Waals surface area contributed by atoms with E-state index in [2.05, 4.69) is 16.0 Å². The molecule has 138 valence electrons. The number of rotatable bonds is 3. The summed E-state index contributed by atoms with van der Waals surface area (Å²) in [7, 11) is 0. The van der Waals surface area contributed by atoms with Gasteiger partial charge in [0.25, 0.3) is 5.56 Å². The van der Waals surface area contributed by atoms with E-state index in [4.69, 9.17) is 14.5 Å². The predicted octanol–water partition coefficient (Wildman–Crippen LogP) is 2.83. The summed E-state index contributed by atoms with van der Waals surface area (Å²) in [6, 6.07) is 10.0. The van der Waals surface area contributed by atoms with Crippen molar-refractivity contribution in [2.75, 3.05) is 19.8 Å². The molecule has 0 saturated heterocycles. The maximum absolute atomic E-state index is 12.5. The lowest BCUT2D eigenvalue weighted by Crippen LogP contribution is -2.35. The van der Waals surface area contributed by atoms with Gasteiger partial charge < -0.3 is 14.5 Å². The fraction of sp³-hybridized carbons (Fsp3) is 0.300. The van der Waals surface area contributed by atoms with E-state index in [0.29, 0.717) is 32.0 Å². The Bertz CT molecular complexity index is 1030. The van der Waals surface area contributed by atoms with E-state index in [1.807, 2.05) is 29.6 Å².